The van der Waals surface area contributed by atoms with Gasteiger partial charge in [0.25, 0.3) is 11.7 Å². The number of rotatable bonds is 22. The number of Topliss-reactive ketones (excluding diaryl/α,β-unsaturated/α-hetero) is 1. The Balaban J connectivity index is 1.15. The number of benzene rings is 4. The van der Waals surface area contributed by atoms with Gasteiger partial charge in [0.1, 0.15) is 72.0 Å². The van der Waals surface area contributed by atoms with Gasteiger partial charge in [-0.25, -0.2) is 9.78 Å². The number of aromatic nitrogens is 1. The zero-order valence-electron chi connectivity index (χ0n) is 57.1. The van der Waals surface area contributed by atoms with Crippen molar-refractivity contribution in [1.29, 1.82) is 0 Å². The third-order valence-electron chi connectivity index (χ3n) is 17.6. The third-order valence-corrected chi connectivity index (χ3v) is 17.6. The highest BCUT2D eigenvalue weighted by Gasteiger charge is 2.50. The first-order valence-corrected chi connectivity index (χ1v) is 32.3. The van der Waals surface area contributed by atoms with Crippen molar-refractivity contribution in [2.45, 2.75) is 144 Å². The van der Waals surface area contributed by atoms with Gasteiger partial charge in [0.2, 0.25) is 23.2 Å². The van der Waals surface area contributed by atoms with Crippen molar-refractivity contribution < 1.29 is 86.2 Å². The minimum absolute atomic E-state index is 0.0173. The number of nitrogens with one attached hydrogen (secondary N) is 5. The van der Waals surface area contributed by atoms with E-state index in [4.69, 9.17) is 43.6 Å². The molecule has 520 valence electrons. The molecule has 4 heterocycles. The fourth-order valence-corrected chi connectivity index (χ4v) is 11.9. The van der Waals surface area contributed by atoms with Gasteiger partial charge >= 0.3 is 17.8 Å². The number of amides is 6. The summed E-state index contributed by atoms with van der Waals surface area (Å²) in [5.74, 6) is -9.16. The normalized spacial score (nSPS) is 23.7. The maximum Gasteiger partial charge on any atom is 0.312 e. The van der Waals surface area contributed by atoms with Crippen molar-refractivity contribution in [1.82, 2.24) is 20.9 Å². The summed E-state index contributed by atoms with van der Waals surface area (Å²) < 4.78 is 42.7. The smallest absolute Gasteiger partial charge is 0.312 e. The number of hydrogen-bond acceptors (Lipinski definition) is 19. The van der Waals surface area contributed by atoms with E-state index in [1.165, 1.54) is 53.2 Å². The van der Waals surface area contributed by atoms with E-state index in [9.17, 15) is 48.9 Å². The number of esters is 1. The summed E-state index contributed by atoms with van der Waals surface area (Å²) in [5, 5.41) is 48.4. The lowest BCUT2D eigenvalue weighted by Crippen LogP contribution is -2.54. The highest BCUT2D eigenvalue weighted by molar-refractivity contribution is 6.22. The van der Waals surface area contributed by atoms with Crippen molar-refractivity contribution in [3.05, 3.63) is 106 Å². The van der Waals surface area contributed by atoms with E-state index in [0.29, 0.717) is 42.0 Å². The number of aliphatic hydroxyl groups is 2. The van der Waals surface area contributed by atoms with Gasteiger partial charge in [-0.2, -0.15) is 0 Å². The van der Waals surface area contributed by atoms with E-state index >= 15 is 4.79 Å². The van der Waals surface area contributed by atoms with Gasteiger partial charge < -0.3 is 85.0 Å². The molecule has 11 atom stereocenters. The molecule has 6 amide bonds. The minimum atomic E-state index is -2.11. The lowest BCUT2D eigenvalue weighted by atomic mass is 9.78. The Labute approximate surface area is 558 Å². The Morgan fingerprint density at radius 3 is 2.27 bits per heavy atom. The van der Waals surface area contributed by atoms with E-state index < -0.39 is 118 Å². The van der Waals surface area contributed by atoms with Crippen LogP contribution in [0.1, 0.15) is 110 Å². The second-order valence-corrected chi connectivity index (χ2v) is 25.9. The number of aromatic hydroxyl groups is 1. The number of phenolic OH excluding ortho intramolecular Hbond substituents is 1. The number of fused-ring (bicyclic) bond motifs is 14. The number of methoxy groups -OCH3 is 1. The van der Waals surface area contributed by atoms with Crippen molar-refractivity contribution in [2.75, 3.05) is 64.7 Å². The number of carbonyl (C=O) groups is 7. The fourth-order valence-electron chi connectivity index (χ4n) is 11.9. The molecular formula is C70H93N8O18+. The molecule has 0 spiro atoms. The summed E-state index contributed by atoms with van der Waals surface area (Å²) in [4.78, 5) is 113. The average molecular weight is 1330 g/mol. The zero-order valence-corrected chi connectivity index (χ0v) is 57.1. The van der Waals surface area contributed by atoms with E-state index in [2.05, 4.69) is 26.6 Å². The largest absolute Gasteiger partial charge is 0.507 e. The van der Waals surface area contributed by atoms with Crippen LogP contribution in [0.25, 0.3) is 33.3 Å². The van der Waals surface area contributed by atoms with Gasteiger partial charge in [-0.15, -0.1) is 0 Å². The van der Waals surface area contributed by atoms with Crippen LogP contribution in [0.5, 0.6) is 17.2 Å². The van der Waals surface area contributed by atoms with Gasteiger partial charge in [0.15, 0.2) is 11.3 Å². The molecular weight excluding hydrogens is 1240 g/mol. The van der Waals surface area contributed by atoms with Crippen LogP contribution in [0.3, 0.4) is 0 Å². The van der Waals surface area contributed by atoms with Gasteiger partial charge in [-0.1, -0.05) is 71.9 Å². The molecule has 5 bridgehead atoms. The number of anilines is 2. The number of urea groups is 1. The summed E-state index contributed by atoms with van der Waals surface area (Å²) >= 11 is 0. The number of allylic oxidation sites excluding steroid dienone is 2. The molecule has 0 aromatic heterocycles. The Morgan fingerprint density at radius 2 is 1.61 bits per heavy atom. The molecule has 0 radical (unpaired) electrons. The minimum Gasteiger partial charge on any atom is -0.507 e. The molecule has 0 fully saturated rings. The number of phenols is 1. The topological polar surface area (TPSA) is 365 Å². The predicted octanol–water partition coefficient (Wildman–Crippen LogP) is 7.04. The first-order valence-electron chi connectivity index (χ1n) is 32.3. The van der Waals surface area contributed by atoms with Gasteiger partial charge in [0, 0.05) is 98.0 Å². The Kier molecular flexibility index (Phi) is 25.0. The number of aliphatic hydroxyl groups excluding tert-OH is 2. The van der Waals surface area contributed by atoms with E-state index in [0.717, 1.165) is 5.56 Å². The molecule has 96 heavy (non-hydrogen) atoms. The lowest BCUT2D eigenvalue weighted by molar-refractivity contribution is -0.903. The van der Waals surface area contributed by atoms with Crippen LogP contribution in [0, 0.1) is 36.5 Å². The molecule has 26 nitrogen and oxygen atoms in total. The number of carbonyl (C=O) groups excluding carboxylic acids is 7. The monoisotopic (exact) mass is 1330 g/mol. The molecule has 8 rings (SSSR count). The van der Waals surface area contributed by atoms with E-state index in [1.54, 1.807) is 84.0 Å². The summed E-state index contributed by atoms with van der Waals surface area (Å²) in [5.41, 5.74) is 5.60. The zero-order chi connectivity index (χ0) is 70.7. The van der Waals surface area contributed by atoms with Crippen molar-refractivity contribution in [2.24, 2.45) is 35.3 Å². The summed E-state index contributed by atoms with van der Waals surface area (Å²) in [6.07, 6.45) is 3.83. The quantitative estimate of drug-likeness (QED) is 0.0110. The molecule has 1 aliphatic carbocycles. The van der Waals surface area contributed by atoms with Gasteiger partial charge in [-0.3, -0.25) is 33.6 Å². The van der Waals surface area contributed by atoms with Crippen LogP contribution in [0.2, 0.25) is 0 Å². The van der Waals surface area contributed by atoms with Gasteiger partial charge in [-0.05, 0) is 69.9 Å². The standard InChI is InChI=1S/C70H92N8O18/c1-15-91-31-28-51(80)76-55(36(2)3)68(88)75-48(20-17-29-72-69(71)89)67(87)73-45-23-21-44(22-24-45)35-78(12,13)30-33-92-46-25-26-47-50(34-46)95-64-56(74-47)52-53-60(83)42(9)63-54(52)65(85)70(11,96-63)93-32-27-49(90-14)39(6)62(94-43(10)79)41(8)59(82)40(7)58(81)37(4)18-16-19-38(5)66(86)77-57(64)61(53)84/h16,18-19,21-27,32,34,36-37,39-41,48-49,55,58-59,62,81-82H,15,17,20,28-31,33,35H2,1-14H3,(H7-,71,72,73,74,75,76,77,80,83,84,85,86,87,88,89)/p+1/b18-16+,32-27+,38-19-/t37-,39+,40+,41+,48-,49-,55-,58-,59+,62?,70-/m0/s1. The van der Waals surface area contributed by atoms with E-state index in [1.807, 2.05) is 33.2 Å². The number of quaternary nitrogens is 1. The van der Waals surface area contributed by atoms with E-state index in [-0.39, 0.29) is 100 Å². The number of likely N-dealkylation sites (N-methyl/N-ethyl adjacent to an activating group) is 1. The summed E-state index contributed by atoms with van der Waals surface area (Å²) in [7, 11) is 5.46. The Morgan fingerprint density at radius 1 is 0.906 bits per heavy atom. The van der Waals surface area contributed by atoms with Crippen LogP contribution in [0.4, 0.5) is 16.2 Å². The second kappa shape index (κ2) is 32.2. The molecule has 1 unspecified atom stereocenters. The van der Waals surface area contributed by atoms with Crippen molar-refractivity contribution in [3.63, 3.8) is 0 Å². The number of ether oxygens (including phenoxy) is 6. The number of hydrogen-bond donors (Lipinski definition) is 9. The Bertz CT molecular complexity index is 3810. The van der Waals surface area contributed by atoms with Crippen LogP contribution in [-0.4, -0.2) is 163 Å². The molecule has 3 aromatic carbocycles. The molecule has 4 aliphatic heterocycles. The lowest BCUT2D eigenvalue weighted by Gasteiger charge is -2.38. The predicted molar refractivity (Wildman–Crippen MR) is 359 cm³/mol. The maximum absolute atomic E-state index is 15.1. The first-order chi connectivity index (χ1) is 45.3. The number of ketones is 1. The van der Waals surface area contributed by atoms with Crippen LogP contribution in [-0.2, 0) is 49.5 Å². The molecule has 10 N–H and O–H groups in total. The fraction of sp³-hybridized carbons (Fsp3) is 0.500. The van der Waals surface area contributed by atoms with Crippen LogP contribution < -0.4 is 47.2 Å². The number of primary amides is 1. The second-order valence-electron chi connectivity index (χ2n) is 25.9. The third kappa shape index (κ3) is 17.7. The Hall–Kier alpha value is -8.95. The molecule has 5 aliphatic rings. The average Bonchev–Trinajstić information content (AvgIpc) is 1.39. The highest BCUT2D eigenvalue weighted by Crippen LogP contribution is 2.51. The maximum atomic E-state index is 15.1. The molecule has 0 saturated carbocycles. The summed E-state index contributed by atoms with van der Waals surface area (Å²) in [6, 6.07) is 9.42. The number of nitrogens with two attached hydrogens (primary N) is 1. The SMILES string of the molecule is CCOCCC(=O)N[C@H](C(=O)N[C@@H](CCCNC(N)=O)C(=O)Nc1ccc(C[N+](C)(C)CCOc2ccc3nc4c5c6c7c(C)c(O)c5c(=O)c(c-4oc3c2)NC(=O)/C(C)=C\C=C\[C@H](C)[C@H](O)[C@@H](C)[C@@H](O)[C@@H](C)C(OC(C)=O)[C@H](C)[C@@H](OC)/C=C/O[C@@](C)(O7)C6=O)cc1)C(C)C. The highest BCUT2D eigenvalue weighted by atomic mass is 16.7. The molecule has 0 saturated heterocycles. The van der Waals surface area contributed by atoms with Crippen molar-refractivity contribution >= 4 is 74.7 Å². The first kappa shape index (κ1) is 74.4. The molecule has 26 heteroatoms. The molecule has 3 aromatic rings. The van der Waals surface area contributed by atoms with Crippen molar-refractivity contribution in [3.8, 4) is 28.7 Å². The number of nitrogens with zero attached hydrogens (tertiary/aromatic N) is 2. The van der Waals surface area contributed by atoms with Gasteiger partial charge in [0.05, 0.1) is 56.2 Å². The van der Waals surface area contributed by atoms with Crippen LogP contribution in [0.15, 0.2) is 87.8 Å². The van der Waals surface area contributed by atoms with Crippen LogP contribution >= 0.6 is 0 Å². The summed E-state index contributed by atoms with van der Waals surface area (Å²) in [6.45, 7) is 19.9.